The molecule has 0 aliphatic rings. The molecule has 0 bridgehead atoms. The van der Waals surface area contributed by atoms with Gasteiger partial charge in [-0.3, -0.25) is 28.8 Å². The third-order valence-electron chi connectivity index (χ3n) is 6.11. The van der Waals surface area contributed by atoms with Gasteiger partial charge < -0.3 is 19.5 Å². The molecule has 0 aliphatic carbocycles. The Hall–Kier alpha value is -5.12. The van der Waals surface area contributed by atoms with Gasteiger partial charge in [-0.15, -0.1) is 0 Å². The molecule has 0 aromatic heterocycles. The van der Waals surface area contributed by atoms with E-state index in [4.69, 9.17) is 14.2 Å². The lowest BCUT2D eigenvalue weighted by Gasteiger charge is -2.22. The summed E-state index contributed by atoms with van der Waals surface area (Å²) in [6.45, 7) is 1.77. The van der Waals surface area contributed by atoms with Crippen LogP contribution in [0.4, 0.5) is 5.69 Å². The van der Waals surface area contributed by atoms with Gasteiger partial charge in [0.2, 0.25) is 17.3 Å². The van der Waals surface area contributed by atoms with Gasteiger partial charge in [-0.05, 0) is 19.1 Å². The summed E-state index contributed by atoms with van der Waals surface area (Å²) in [5.74, 6) is -11.5. The number of aryl methyl sites for hydroxylation is 1. The van der Waals surface area contributed by atoms with Crippen molar-refractivity contribution in [2.45, 2.75) is 6.92 Å². The molecule has 3 rings (SSSR count). The van der Waals surface area contributed by atoms with Gasteiger partial charge in [-0.1, -0.05) is 60.2 Å². The fourth-order valence-electron chi connectivity index (χ4n) is 3.94. The quantitative estimate of drug-likeness (QED) is 0.157. The molecule has 2 atom stereocenters. The molecular weight excluding hydrogens is 518 g/mol. The number of ketones is 4. The number of esters is 1. The molecule has 1 amide bonds. The summed E-state index contributed by atoms with van der Waals surface area (Å²) >= 11 is 0. The number of benzene rings is 3. The van der Waals surface area contributed by atoms with Crippen molar-refractivity contribution < 1.29 is 43.0 Å². The monoisotopic (exact) mass is 545 g/mol. The molecule has 0 radical (unpaired) electrons. The number of methoxy groups -OCH3 is 3. The van der Waals surface area contributed by atoms with Gasteiger partial charge in [-0.2, -0.15) is 0 Å². The first-order valence-electron chi connectivity index (χ1n) is 12.0. The number of nitrogens with one attached hydrogen (secondary N) is 1. The molecule has 3 aromatic carbocycles. The normalized spacial score (nSPS) is 11.9. The second-order valence-electron chi connectivity index (χ2n) is 8.65. The molecule has 1 N–H and O–H groups in total. The molecular formula is C30H27NO9. The zero-order chi connectivity index (χ0) is 29.4. The molecule has 0 unspecified atom stereocenters. The summed E-state index contributed by atoms with van der Waals surface area (Å²) in [4.78, 5) is 79.9. The van der Waals surface area contributed by atoms with E-state index in [1.54, 1.807) is 25.1 Å². The third kappa shape index (κ3) is 6.47. The number of rotatable bonds is 12. The van der Waals surface area contributed by atoms with Crippen LogP contribution >= 0.6 is 0 Å². The molecule has 40 heavy (non-hydrogen) atoms. The largest absolute Gasteiger partial charge is 0.497 e. The summed E-state index contributed by atoms with van der Waals surface area (Å²) in [5, 5.41) is 2.33. The lowest BCUT2D eigenvalue weighted by atomic mass is 9.78. The van der Waals surface area contributed by atoms with Crippen molar-refractivity contribution in [2.24, 2.45) is 11.8 Å². The van der Waals surface area contributed by atoms with E-state index in [1.807, 2.05) is 0 Å². The van der Waals surface area contributed by atoms with Crippen molar-refractivity contribution >= 4 is 40.7 Å². The zero-order valence-electron chi connectivity index (χ0n) is 22.3. The highest BCUT2D eigenvalue weighted by Crippen LogP contribution is 2.30. The van der Waals surface area contributed by atoms with Crippen LogP contribution in [0.5, 0.6) is 11.5 Å². The van der Waals surface area contributed by atoms with E-state index in [0.717, 1.165) is 12.7 Å². The van der Waals surface area contributed by atoms with Crippen LogP contribution in [0.15, 0.2) is 72.8 Å². The molecule has 0 saturated carbocycles. The van der Waals surface area contributed by atoms with Crippen LogP contribution in [0.1, 0.15) is 26.3 Å². The van der Waals surface area contributed by atoms with Crippen molar-refractivity contribution in [1.29, 1.82) is 0 Å². The van der Waals surface area contributed by atoms with Gasteiger partial charge in [0, 0.05) is 17.2 Å². The highest BCUT2D eigenvalue weighted by atomic mass is 16.5. The molecule has 0 heterocycles. The van der Waals surface area contributed by atoms with E-state index in [1.165, 1.54) is 68.8 Å². The third-order valence-corrected chi connectivity index (χ3v) is 6.11. The first kappa shape index (κ1) is 29.4. The predicted octanol–water partition coefficient (Wildman–Crippen LogP) is 3.26. The van der Waals surface area contributed by atoms with E-state index in [2.05, 4.69) is 5.32 Å². The molecule has 0 spiro atoms. The molecule has 3 aromatic rings. The Morgan fingerprint density at radius 3 is 1.93 bits per heavy atom. The van der Waals surface area contributed by atoms with Crippen molar-refractivity contribution in [1.82, 2.24) is 0 Å². The minimum Gasteiger partial charge on any atom is -0.497 e. The summed E-state index contributed by atoms with van der Waals surface area (Å²) in [6, 6.07) is 17.6. The molecule has 10 heteroatoms. The average molecular weight is 546 g/mol. The minimum atomic E-state index is -2.31. The molecule has 0 aliphatic heterocycles. The van der Waals surface area contributed by atoms with Crippen LogP contribution < -0.4 is 14.8 Å². The topological polar surface area (TPSA) is 142 Å². The Bertz CT molecular complexity index is 1450. The Balaban J connectivity index is 2.08. The van der Waals surface area contributed by atoms with Crippen LogP contribution in [-0.2, 0) is 23.9 Å². The Kier molecular flexibility index (Phi) is 9.64. The maximum absolute atomic E-state index is 13.6. The number of carbonyl (C=O) groups excluding carboxylic acids is 6. The van der Waals surface area contributed by atoms with E-state index in [-0.39, 0.29) is 22.6 Å². The standard InChI is InChI=1S/C30H27NO9/c1-17-10-12-19(13-11-17)26(33)27(34)23(24(30(37)40-4)25(32)18-8-6-5-7-9-18)28(35)29(36)31-21-15-14-20(38-2)16-22(21)39-3/h5-16,23-24H,1-4H3,(H,31,36)/t23-,24+/m0/s1. The van der Waals surface area contributed by atoms with Gasteiger partial charge in [-0.25, -0.2) is 0 Å². The first-order chi connectivity index (χ1) is 19.1. The summed E-state index contributed by atoms with van der Waals surface area (Å²) in [7, 11) is 3.71. The average Bonchev–Trinajstić information content (AvgIpc) is 2.99. The SMILES string of the molecule is COC(=O)[C@@H](C(=O)c1ccccc1)[C@H](C(=O)C(=O)Nc1ccc(OC)cc1OC)C(=O)C(=O)c1ccc(C)cc1. The Morgan fingerprint density at radius 2 is 1.35 bits per heavy atom. The predicted molar refractivity (Wildman–Crippen MR) is 143 cm³/mol. The Morgan fingerprint density at radius 1 is 0.700 bits per heavy atom. The van der Waals surface area contributed by atoms with Gasteiger partial charge in [0.1, 0.15) is 23.3 Å². The van der Waals surface area contributed by atoms with Crippen molar-refractivity contribution in [3.05, 3.63) is 89.5 Å². The van der Waals surface area contributed by atoms with Crippen LogP contribution in [0.2, 0.25) is 0 Å². The number of anilines is 1. The number of ether oxygens (including phenoxy) is 3. The van der Waals surface area contributed by atoms with E-state index < -0.39 is 46.8 Å². The number of carbonyl (C=O) groups is 6. The summed E-state index contributed by atoms with van der Waals surface area (Å²) in [5.41, 5.74) is 0.739. The van der Waals surface area contributed by atoms with Gasteiger partial charge in [0.15, 0.2) is 5.78 Å². The van der Waals surface area contributed by atoms with Crippen molar-refractivity contribution in [2.75, 3.05) is 26.6 Å². The van der Waals surface area contributed by atoms with Crippen LogP contribution in [-0.4, -0.2) is 56.3 Å². The van der Waals surface area contributed by atoms with Crippen LogP contribution in [0.3, 0.4) is 0 Å². The molecule has 206 valence electrons. The highest BCUT2D eigenvalue weighted by Gasteiger charge is 2.49. The Labute approximate surface area is 230 Å². The van der Waals surface area contributed by atoms with Gasteiger partial charge in [0.25, 0.3) is 5.91 Å². The van der Waals surface area contributed by atoms with Crippen molar-refractivity contribution in [3.63, 3.8) is 0 Å². The fraction of sp³-hybridized carbons (Fsp3) is 0.200. The summed E-state index contributed by atoms with van der Waals surface area (Å²) in [6.07, 6.45) is 0. The number of hydrogen-bond donors (Lipinski definition) is 1. The highest BCUT2D eigenvalue weighted by molar-refractivity contribution is 6.55. The second-order valence-corrected chi connectivity index (χ2v) is 8.65. The second kappa shape index (κ2) is 13.1. The summed E-state index contributed by atoms with van der Waals surface area (Å²) < 4.78 is 15.1. The maximum Gasteiger partial charge on any atom is 0.317 e. The number of amides is 1. The molecule has 0 fully saturated rings. The van der Waals surface area contributed by atoms with E-state index >= 15 is 0 Å². The number of hydrogen-bond acceptors (Lipinski definition) is 9. The molecule has 10 nitrogen and oxygen atoms in total. The zero-order valence-corrected chi connectivity index (χ0v) is 22.3. The van der Waals surface area contributed by atoms with Crippen molar-refractivity contribution in [3.8, 4) is 11.5 Å². The fourth-order valence-corrected chi connectivity index (χ4v) is 3.94. The molecule has 0 saturated heterocycles. The van der Waals surface area contributed by atoms with Gasteiger partial charge >= 0.3 is 5.97 Å². The van der Waals surface area contributed by atoms with Crippen LogP contribution in [0.25, 0.3) is 0 Å². The van der Waals surface area contributed by atoms with Crippen LogP contribution in [0, 0.1) is 18.8 Å². The minimum absolute atomic E-state index is 0.0245. The first-order valence-corrected chi connectivity index (χ1v) is 12.0. The lowest BCUT2D eigenvalue weighted by Crippen LogP contribution is -2.47. The number of Topliss-reactive ketones (excluding diaryl/α,β-unsaturated/α-hetero) is 4. The van der Waals surface area contributed by atoms with E-state index in [9.17, 15) is 28.8 Å². The smallest absolute Gasteiger partial charge is 0.317 e. The van der Waals surface area contributed by atoms with E-state index in [0.29, 0.717) is 5.75 Å². The van der Waals surface area contributed by atoms with Gasteiger partial charge in [0.05, 0.1) is 27.0 Å². The lowest BCUT2D eigenvalue weighted by molar-refractivity contribution is -0.151. The maximum atomic E-state index is 13.6.